The molecule has 4 aromatic rings. The zero-order valence-corrected chi connectivity index (χ0v) is 19.4. The molecule has 0 bridgehead atoms. The number of hydrogen-bond donors (Lipinski definition) is 3. The zero-order chi connectivity index (χ0) is 24.1. The molecule has 3 aromatic carbocycles. The van der Waals surface area contributed by atoms with Crippen molar-refractivity contribution in [2.24, 2.45) is 0 Å². The molecule has 0 spiro atoms. The number of carbonyl (C=O) groups is 1. The van der Waals surface area contributed by atoms with Gasteiger partial charge in [-0.3, -0.25) is 4.79 Å². The first-order valence-corrected chi connectivity index (χ1v) is 11.5. The monoisotopic (exact) mass is 460 g/mol. The van der Waals surface area contributed by atoms with Crippen molar-refractivity contribution in [2.75, 3.05) is 13.2 Å². The number of benzene rings is 3. The maximum atomic E-state index is 13.7. The van der Waals surface area contributed by atoms with Crippen LogP contribution in [0.25, 0.3) is 22.0 Å². The summed E-state index contributed by atoms with van der Waals surface area (Å²) < 4.78 is 19.6. The Morgan fingerprint density at radius 2 is 1.85 bits per heavy atom. The molecular formula is C28H29FN2O3. The Hall–Kier alpha value is -3.64. The number of fused-ring (bicyclic) bond motifs is 1. The van der Waals surface area contributed by atoms with E-state index >= 15 is 0 Å². The maximum absolute atomic E-state index is 13.7. The Labute approximate surface area is 198 Å². The number of hydrogen-bond acceptors (Lipinski definition) is 3. The van der Waals surface area contributed by atoms with Crippen LogP contribution in [0.3, 0.4) is 0 Å². The van der Waals surface area contributed by atoms with E-state index in [-0.39, 0.29) is 18.3 Å². The Bertz CT molecular complexity index is 1280. The summed E-state index contributed by atoms with van der Waals surface area (Å²) in [4.78, 5) is 16.4. The van der Waals surface area contributed by atoms with Crippen molar-refractivity contribution < 1.29 is 19.0 Å². The van der Waals surface area contributed by atoms with Gasteiger partial charge in [0.1, 0.15) is 11.6 Å². The van der Waals surface area contributed by atoms with Crippen molar-refractivity contribution in [1.82, 2.24) is 10.3 Å². The van der Waals surface area contributed by atoms with E-state index in [0.29, 0.717) is 24.3 Å². The first-order chi connectivity index (χ1) is 16.5. The molecule has 6 heteroatoms. The Morgan fingerprint density at radius 3 is 2.59 bits per heavy atom. The minimum atomic E-state index is -0.545. The number of H-pyrrole nitrogens is 1. The number of rotatable bonds is 9. The first-order valence-electron chi connectivity index (χ1n) is 11.5. The second kappa shape index (κ2) is 10.5. The molecule has 1 unspecified atom stereocenters. The van der Waals surface area contributed by atoms with E-state index in [2.05, 4.69) is 10.3 Å². The number of nitrogens with one attached hydrogen (secondary N) is 2. The molecule has 1 amide bonds. The third-order valence-corrected chi connectivity index (χ3v) is 5.82. The summed E-state index contributed by atoms with van der Waals surface area (Å²) >= 11 is 0. The highest BCUT2D eigenvalue weighted by Crippen LogP contribution is 2.28. The molecule has 0 radical (unpaired) electrons. The molecule has 0 saturated carbocycles. The number of aryl methyl sites for hydroxylation is 1. The van der Waals surface area contributed by atoms with Gasteiger partial charge in [-0.15, -0.1) is 0 Å². The van der Waals surface area contributed by atoms with Gasteiger partial charge in [-0.05, 0) is 66.8 Å². The van der Waals surface area contributed by atoms with Gasteiger partial charge in [0, 0.05) is 17.1 Å². The summed E-state index contributed by atoms with van der Waals surface area (Å²) in [5.74, 6) is -0.158. The molecule has 4 rings (SSSR count). The number of carbonyl (C=O) groups excluding carboxylic acids is 1. The second-order valence-corrected chi connectivity index (χ2v) is 8.49. The molecule has 34 heavy (non-hydrogen) atoms. The summed E-state index contributed by atoms with van der Waals surface area (Å²) in [6.07, 6.45) is 2.96. The summed E-state index contributed by atoms with van der Waals surface area (Å²) in [6, 6.07) is 17.7. The largest absolute Gasteiger partial charge is 0.493 e. The van der Waals surface area contributed by atoms with Gasteiger partial charge in [0.05, 0.1) is 24.8 Å². The SMILES string of the molecule is CCCOc1ccc(-c2ccc(C)cc2)cc1C(=O)NC(CO)Cc1c[nH]c2ccc(F)cc12. The lowest BCUT2D eigenvalue weighted by Gasteiger charge is -2.18. The molecule has 0 aliphatic carbocycles. The van der Waals surface area contributed by atoms with Crippen LogP contribution in [-0.4, -0.2) is 35.3 Å². The lowest BCUT2D eigenvalue weighted by atomic mass is 10.0. The molecule has 1 atom stereocenters. The molecule has 5 nitrogen and oxygen atoms in total. The summed E-state index contributed by atoms with van der Waals surface area (Å²) in [7, 11) is 0. The second-order valence-electron chi connectivity index (χ2n) is 8.49. The standard InChI is InChI=1S/C28H29FN2O3/c1-3-12-34-27-11-8-20(19-6-4-18(2)5-7-19)14-25(27)28(33)31-23(17-32)13-21-16-30-26-10-9-22(29)15-24(21)26/h4-11,14-16,23,30,32H,3,12-13,17H2,1-2H3,(H,31,33). The van der Waals surface area contributed by atoms with Crippen molar-refractivity contribution in [1.29, 1.82) is 0 Å². The Morgan fingerprint density at radius 1 is 1.09 bits per heavy atom. The highest BCUT2D eigenvalue weighted by atomic mass is 19.1. The van der Waals surface area contributed by atoms with Crippen LogP contribution < -0.4 is 10.1 Å². The van der Waals surface area contributed by atoms with Gasteiger partial charge in [0.15, 0.2) is 0 Å². The Kier molecular flexibility index (Phi) is 7.28. The van der Waals surface area contributed by atoms with E-state index < -0.39 is 6.04 Å². The van der Waals surface area contributed by atoms with E-state index in [1.807, 2.05) is 56.3 Å². The van der Waals surface area contributed by atoms with E-state index in [4.69, 9.17) is 4.74 Å². The lowest BCUT2D eigenvalue weighted by molar-refractivity contribution is 0.0912. The molecule has 1 heterocycles. The summed E-state index contributed by atoms with van der Waals surface area (Å²) in [5, 5.41) is 13.7. The smallest absolute Gasteiger partial charge is 0.255 e. The lowest BCUT2D eigenvalue weighted by Crippen LogP contribution is -2.39. The number of aliphatic hydroxyl groups is 1. The van der Waals surface area contributed by atoms with Crippen molar-refractivity contribution in [3.05, 3.63) is 89.4 Å². The predicted molar refractivity (Wildman–Crippen MR) is 133 cm³/mol. The summed E-state index contributed by atoms with van der Waals surface area (Å²) in [6.45, 7) is 4.28. The van der Waals surface area contributed by atoms with Gasteiger partial charge < -0.3 is 20.1 Å². The van der Waals surface area contributed by atoms with E-state index in [0.717, 1.165) is 39.6 Å². The van der Waals surface area contributed by atoms with Gasteiger partial charge in [0.2, 0.25) is 0 Å². The van der Waals surface area contributed by atoms with Crippen LogP contribution >= 0.6 is 0 Å². The van der Waals surface area contributed by atoms with Crippen LogP contribution in [0.2, 0.25) is 0 Å². The van der Waals surface area contributed by atoms with Gasteiger partial charge in [-0.2, -0.15) is 0 Å². The molecule has 0 aliphatic heterocycles. The number of ether oxygens (including phenoxy) is 1. The number of amides is 1. The van der Waals surface area contributed by atoms with Crippen LogP contribution in [0, 0.1) is 12.7 Å². The van der Waals surface area contributed by atoms with Crippen LogP contribution in [0.5, 0.6) is 5.75 Å². The number of aliphatic hydroxyl groups excluding tert-OH is 1. The van der Waals surface area contributed by atoms with Crippen molar-refractivity contribution in [3.63, 3.8) is 0 Å². The van der Waals surface area contributed by atoms with E-state index in [1.165, 1.54) is 12.1 Å². The molecule has 0 fully saturated rings. The predicted octanol–water partition coefficient (Wildman–Crippen LogP) is 5.40. The molecule has 0 aliphatic rings. The Balaban J connectivity index is 1.59. The fourth-order valence-corrected chi connectivity index (χ4v) is 3.98. The molecule has 0 saturated heterocycles. The van der Waals surface area contributed by atoms with Gasteiger partial charge in [-0.25, -0.2) is 4.39 Å². The minimum Gasteiger partial charge on any atom is -0.493 e. The van der Waals surface area contributed by atoms with Gasteiger partial charge in [0.25, 0.3) is 5.91 Å². The average molecular weight is 461 g/mol. The van der Waals surface area contributed by atoms with Crippen LogP contribution in [0.1, 0.15) is 34.8 Å². The minimum absolute atomic E-state index is 0.253. The third-order valence-electron chi connectivity index (χ3n) is 5.82. The number of aromatic amines is 1. The highest BCUT2D eigenvalue weighted by molar-refractivity contribution is 5.98. The molecule has 176 valence electrons. The highest BCUT2D eigenvalue weighted by Gasteiger charge is 2.20. The van der Waals surface area contributed by atoms with Crippen molar-refractivity contribution >= 4 is 16.8 Å². The maximum Gasteiger partial charge on any atom is 0.255 e. The topological polar surface area (TPSA) is 74.3 Å². The van der Waals surface area contributed by atoms with Crippen molar-refractivity contribution in [2.45, 2.75) is 32.7 Å². The fraction of sp³-hybridized carbons (Fsp3) is 0.250. The van der Waals surface area contributed by atoms with Crippen LogP contribution in [0.15, 0.2) is 66.9 Å². The van der Waals surface area contributed by atoms with Crippen molar-refractivity contribution in [3.8, 4) is 16.9 Å². The van der Waals surface area contributed by atoms with Gasteiger partial charge >= 0.3 is 0 Å². The van der Waals surface area contributed by atoms with E-state index in [1.54, 1.807) is 12.3 Å². The molecule has 1 aromatic heterocycles. The molecular weight excluding hydrogens is 431 g/mol. The third kappa shape index (κ3) is 5.29. The quantitative estimate of drug-likeness (QED) is 0.313. The zero-order valence-electron chi connectivity index (χ0n) is 19.4. The number of halogens is 1. The first kappa shape index (κ1) is 23.5. The number of aromatic nitrogens is 1. The van der Waals surface area contributed by atoms with E-state index in [9.17, 15) is 14.3 Å². The van der Waals surface area contributed by atoms with Gasteiger partial charge in [-0.1, -0.05) is 42.8 Å². The van der Waals surface area contributed by atoms with Crippen LogP contribution in [0.4, 0.5) is 4.39 Å². The average Bonchev–Trinajstić information content (AvgIpc) is 3.24. The van der Waals surface area contributed by atoms with Crippen LogP contribution in [-0.2, 0) is 6.42 Å². The summed E-state index contributed by atoms with van der Waals surface area (Å²) in [5.41, 5.74) is 5.11. The normalized spacial score (nSPS) is 12.0. The molecule has 3 N–H and O–H groups in total. The fourth-order valence-electron chi connectivity index (χ4n) is 3.98.